The molecule has 1 saturated heterocycles. The molecule has 2 amide bonds. The van der Waals surface area contributed by atoms with Crippen molar-refractivity contribution in [2.45, 2.75) is 6.92 Å². The fraction of sp³-hybridized carbons (Fsp3) is 0.192. The molecular formula is C26H23ClN4O2. The van der Waals surface area contributed by atoms with E-state index in [1.807, 2.05) is 55.5 Å². The van der Waals surface area contributed by atoms with Gasteiger partial charge in [0.25, 0.3) is 11.8 Å². The first-order valence-corrected chi connectivity index (χ1v) is 11.3. The van der Waals surface area contributed by atoms with Crippen molar-refractivity contribution in [1.29, 1.82) is 0 Å². The highest BCUT2D eigenvalue weighted by atomic mass is 35.5. The van der Waals surface area contributed by atoms with Crippen molar-refractivity contribution >= 4 is 34.4 Å². The zero-order valence-corrected chi connectivity index (χ0v) is 19.0. The van der Waals surface area contributed by atoms with Gasteiger partial charge >= 0.3 is 0 Å². The predicted molar refractivity (Wildman–Crippen MR) is 129 cm³/mol. The summed E-state index contributed by atoms with van der Waals surface area (Å²) in [6, 6.07) is 22.6. The minimum absolute atomic E-state index is 0.0394. The van der Waals surface area contributed by atoms with Gasteiger partial charge in [-0.2, -0.15) is 0 Å². The third kappa shape index (κ3) is 4.10. The third-order valence-corrected chi connectivity index (χ3v) is 6.28. The summed E-state index contributed by atoms with van der Waals surface area (Å²) in [5.41, 5.74) is 4.01. The lowest BCUT2D eigenvalue weighted by molar-refractivity contribution is 0.0535. The summed E-state index contributed by atoms with van der Waals surface area (Å²) in [5.74, 6) is 0.791. The van der Waals surface area contributed by atoms with Crippen LogP contribution in [0, 0.1) is 6.92 Å². The Morgan fingerprint density at radius 3 is 2.00 bits per heavy atom. The molecule has 0 unspecified atom stereocenters. The fourth-order valence-corrected chi connectivity index (χ4v) is 4.43. The van der Waals surface area contributed by atoms with Gasteiger partial charge in [-0.15, -0.1) is 0 Å². The lowest BCUT2D eigenvalue weighted by atomic mass is 10.1. The Hall–Kier alpha value is -3.64. The molecule has 0 aliphatic carbocycles. The van der Waals surface area contributed by atoms with Gasteiger partial charge in [0.05, 0.1) is 11.0 Å². The van der Waals surface area contributed by atoms with Crippen molar-refractivity contribution in [3.8, 4) is 5.69 Å². The van der Waals surface area contributed by atoms with Gasteiger partial charge in [-0.3, -0.25) is 14.2 Å². The molecule has 7 heteroatoms. The van der Waals surface area contributed by atoms with E-state index in [9.17, 15) is 9.59 Å². The molecule has 1 aliphatic rings. The number of halogens is 1. The standard InChI is InChI=1S/C26H23ClN4O2/c1-18-28-23-17-20(9-12-24(23)31(18)22-5-3-2-4-6-22)26(33)30-15-13-29(14-16-30)25(32)19-7-10-21(27)11-8-19/h2-12,17H,13-16H2,1H3. The van der Waals surface area contributed by atoms with Gasteiger partial charge in [-0.1, -0.05) is 29.8 Å². The van der Waals surface area contributed by atoms with Crippen LogP contribution in [0.3, 0.4) is 0 Å². The largest absolute Gasteiger partial charge is 0.335 e. The first kappa shape index (κ1) is 21.2. The topological polar surface area (TPSA) is 58.4 Å². The van der Waals surface area contributed by atoms with Crippen LogP contribution in [-0.2, 0) is 0 Å². The summed E-state index contributed by atoms with van der Waals surface area (Å²) in [6.07, 6.45) is 0. The van der Waals surface area contributed by atoms with E-state index in [-0.39, 0.29) is 11.8 Å². The number of imidazole rings is 1. The Labute approximate surface area is 197 Å². The maximum absolute atomic E-state index is 13.2. The number of nitrogens with zero attached hydrogens (tertiary/aromatic N) is 4. The average Bonchev–Trinajstić information content (AvgIpc) is 3.19. The quantitative estimate of drug-likeness (QED) is 0.451. The molecule has 4 aromatic rings. The van der Waals surface area contributed by atoms with Crippen LogP contribution in [0.4, 0.5) is 0 Å². The first-order chi connectivity index (χ1) is 16.0. The second kappa shape index (κ2) is 8.71. The van der Waals surface area contributed by atoms with E-state index in [4.69, 9.17) is 11.6 Å². The minimum Gasteiger partial charge on any atom is -0.335 e. The molecule has 0 atom stereocenters. The van der Waals surface area contributed by atoms with Gasteiger partial charge < -0.3 is 9.80 Å². The highest BCUT2D eigenvalue weighted by molar-refractivity contribution is 6.30. The first-order valence-electron chi connectivity index (χ1n) is 10.9. The number of carbonyl (C=O) groups excluding carboxylic acids is 2. The Kier molecular flexibility index (Phi) is 5.60. The number of benzene rings is 3. The molecule has 6 nitrogen and oxygen atoms in total. The molecule has 166 valence electrons. The average molecular weight is 459 g/mol. The molecule has 1 aromatic heterocycles. The zero-order chi connectivity index (χ0) is 22.9. The number of aromatic nitrogens is 2. The van der Waals surface area contributed by atoms with E-state index < -0.39 is 0 Å². The Morgan fingerprint density at radius 2 is 1.36 bits per heavy atom. The van der Waals surface area contributed by atoms with Crippen LogP contribution in [-0.4, -0.2) is 57.3 Å². The van der Waals surface area contributed by atoms with Crippen LogP contribution in [0.25, 0.3) is 16.7 Å². The molecule has 3 aromatic carbocycles. The summed E-state index contributed by atoms with van der Waals surface area (Å²) >= 11 is 5.92. The number of hydrogen-bond acceptors (Lipinski definition) is 3. The molecule has 0 radical (unpaired) electrons. The maximum atomic E-state index is 13.2. The fourth-order valence-electron chi connectivity index (χ4n) is 4.31. The molecular weight excluding hydrogens is 436 g/mol. The van der Waals surface area contributed by atoms with Crippen LogP contribution < -0.4 is 0 Å². The number of piperazine rings is 1. The number of carbonyl (C=O) groups is 2. The molecule has 1 fully saturated rings. The van der Waals surface area contributed by atoms with Crippen molar-refractivity contribution in [2.24, 2.45) is 0 Å². The van der Waals surface area contributed by atoms with Gasteiger partial charge in [-0.25, -0.2) is 4.98 Å². The maximum Gasteiger partial charge on any atom is 0.254 e. The van der Waals surface area contributed by atoms with Gasteiger partial charge in [0.2, 0.25) is 0 Å². The van der Waals surface area contributed by atoms with Crippen LogP contribution in [0.5, 0.6) is 0 Å². The SMILES string of the molecule is Cc1nc2cc(C(=O)N3CCN(C(=O)c4ccc(Cl)cc4)CC3)ccc2n1-c1ccccc1. The van der Waals surface area contributed by atoms with Gasteiger partial charge in [-0.05, 0) is 61.5 Å². The summed E-state index contributed by atoms with van der Waals surface area (Å²) in [7, 11) is 0. The van der Waals surface area contributed by atoms with Crippen molar-refractivity contribution in [3.05, 3.63) is 94.8 Å². The van der Waals surface area contributed by atoms with Crippen molar-refractivity contribution in [3.63, 3.8) is 0 Å². The van der Waals surface area contributed by atoms with Crippen molar-refractivity contribution in [1.82, 2.24) is 19.4 Å². The number of fused-ring (bicyclic) bond motifs is 1. The van der Waals surface area contributed by atoms with E-state index in [0.717, 1.165) is 22.5 Å². The van der Waals surface area contributed by atoms with Crippen LogP contribution in [0.15, 0.2) is 72.8 Å². The lowest BCUT2D eigenvalue weighted by Crippen LogP contribution is -2.50. The zero-order valence-electron chi connectivity index (χ0n) is 18.2. The molecule has 5 rings (SSSR count). The molecule has 0 saturated carbocycles. The Bertz CT molecular complexity index is 1320. The smallest absolute Gasteiger partial charge is 0.254 e. The van der Waals surface area contributed by atoms with E-state index in [1.165, 1.54) is 0 Å². The van der Waals surface area contributed by atoms with E-state index in [2.05, 4.69) is 9.55 Å². The Balaban J connectivity index is 1.30. The predicted octanol–water partition coefficient (Wildman–Crippen LogP) is 4.59. The molecule has 1 aliphatic heterocycles. The summed E-state index contributed by atoms with van der Waals surface area (Å²) in [4.78, 5) is 34.1. The molecule has 0 N–H and O–H groups in total. The number of aryl methyl sites for hydroxylation is 1. The summed E-state index contributed by atoms with van der Waals surface area (Å²) in [5, 5.41) is 0.600. The van der Waals surface area contributed by atoms with E-state index >= 15 is 0 Å². The van der Waals surface area contributed by atoms with Crippen LogP contribution >= 0.6 is 11.6 Å². The molecule has 0 spiro atoms. The van der Waals surface area contributed by atoms with Gasteiger partial charge in [0, 0.05) is 48.0 Å². The van der Waals surface area contributed by atoms with E-state index in [0.29, 0.717) is 42.3 Å². The minimum atomic E-state index is -0.0397. The number of hydrogen-bond donors (Lipinski definition) is 0. The highest BCUT2D eigenvalue weighted by Crippen LogP contribution is 2.23. The summed E-state index contributed by atoms with van der Waals surface area (Å²) in [6.45, 7) is 3.95. The van der Waals surface area contributed by atoms with Crippen LogP contribution in [0.2, 0.25) is 5.02 Å². The second-order valence-corrected chi connectivity index (χ2v) is 8.56. The summed E-state index contributed by atoms with van der Waals surface area (Å²) < 4.78 is 2.09. The van der Waals surface area contributed by atoms with Gasteiger partial charge in [0.15, 0.2) is 0 Å². The van der Waals surface area contributed by atoms with E-state index in [1.54, 1.807) is 34.1 Å². The monoisotopic (exact) mass is 458 g/mol. The molecule has 2 heterocycles. The van der Waals surface area contributed by atoms with Gasteiger partial charge in [0.1, 0.15) is 5.82 Å². The number of para-hydroxylation sites is 1. The number of rotatable bonds is 3. The van der Waals surface area contributed by atoms with Crippen LogP contribution in [0.1, 0.15) is 26.5 Å². The molecule has 33 heavy (non-hydrogen) atoms. The van der Waals surface area contributed by atoms with Crippen molar-refractivity contribution in [2.75, 3.05) is 26.2 Å². The third-order valence-electron chi connectivity index (χ3n) is 6.03. The van der Waals surface area contributed by atoms with Crippen molar-refractivity contribution < 1.29 is 9.59 Å². The lowest BCUT2D eigenvalue weighted by Gasteiger charge is -2.35. The normalized spacial score (nSPS) is 14.0. The Morgan fingerprint density at radius 1 is 0.788 bits per heavy atom. The molecule has 0 bridgehead atoms. The second-order valence-electron chi connectivity index (χ2n) is 8.12. The number of amides is 2. The highest BCUT2D eigenvalue weighted by Gasteiger charge is 2.26.